The Hall–Kier alpha value is -1.13. The maximum Gasteiger partial charge on any atom is 0 e. The van der Waals surface area contributed by atoms with Crippen molar-refractivity contribution in [3.05, 3.63) is 82.9 Å². The summed E-state index contributed by atoms with van der Waals surface area (Å²) >= 11 is 0. The van der Waals surface area contributed by atoms with Gasteiger partial charge in [0.05, 0.1) is 5.56 Å². The van der Waals surface area contributed by atoms with E-state index < -0.39 is 11.6 Å². The number of ether oxygens (including phenoxy) is 2. The molecule has 1 spiro atoms. The maximum absolute atomic E-state index is 12.5. The van der Waals surface area contributed by atoms with Gasteiger partial charge in [0.15, 0.2) is 5.60 Å². The average Bonchev–Trinajstić information content (AvgIpc) is 2.88. The molecule has 2 heterocycles. The van der Waals surface area contributed by atoms with Gasteiger partial charge in [-0.05, 0) is 30.3 Å². The number of hydrogen-bond acceptors (Lipinski definition) is 5. The molecule has 2 aliphatic heterocycles. The SMILES string of the molecule is O=C1OC2(c3ccc(O)cc3Oc3cc(O)ccc32)c2ccccc21.[NaH].[Sm]. The molecular weight excluding hydrogens is 494 g/mol. The van der Waals surface area contributed by atoms with E-state index in [4.69, 9.17) is 9.47 Å². The molecule has 0 amide bonds. The second-order valence-electron chi connectivity index (χ2n) is 6.08. The van der Waals surface area contributed by atoms with Gasteiger partial charge in [0, 0.05) is 69.2 Å². The van der Waals surface area contributed by atoms with Gasteiger partial charge in [0.25, 0.3) is 0 Å². The minimum absolute atomic E-state index is 0. The number of hydrogen-bond donors (Lipinski definition) is 2. The minimum Gasteiger partial charge on any atom is 0 e. The molecule has 3 aromatic carbocycles. The van der Waals surface area contributed by atoms with Crippen LogP contribution in [0.25, 0.3) is 0 Å². The average molecular weight is 507 g/mol. The molecule has 5 rings (SSSR count). The number of aromatic hydroxyl groups is 2. The van der Waals surface area contributed by atoms with E-state index >= 15 is 0 Å². The number of rotatable bonds is 0. The summed E-state index contributed by atoms with van der Waals surface area (Å²) in [5, 5.41) is 19.7. The monoisotopic (exact) mass is 508 g/mol. The van der Waals surface area contributed by atoms with Gasteiger partial charge in [-0.15, -0.1) is 0 Å². The van der Waals surface area contributed by atoms with Crippen molar-refractivity contribution >= 4 is 35.5 Å². The topological polar surface area (TPSA) is 76.0 Å². The number of phenolic OH excluding ortho intramolecular Hbond substituents is 2. The Morgan fingerprint density at radius 2 is 1.33 bits per heavy atom. The largest absolute Gasteiger partial charge is 0 e. The van der Waals surface area contributed by atoms with Crippen LogP contribution in [-0.2, 0) is 10.3 Å². The van der Waals surface area contributed by atoms with Crippen molar-refractivity contribution in [2.45, 2.75) is 5.60 Å². The fourth-order valence-electron chi connectivity index (χ4n) is 3.65. The first-order valence-corrected chi connectivity index (χ1v) is 7.77. The number of phenols is 2. The fraction of sp³-hybridized carbons (Fsp3) is 0.0500. The number of esters is 1. The first-order valence-electron chi connectivity index (χ1n) is 7.77. The van der Waals surface area contributed by atoms with Gasteiger partial charge in [0.2, 0.25) is 0 Å². The zero-order valence-corrected chi connectivity index (χ0v) is 15.9. The quantitative estimate of drug-likeness (QED) is 0.362. The van der Waals surface area contributed by atoms with Gasteiger partial charge in [-0.2, -0.15) is 0 Å². The molecule has 0 aliphatic carbocycles. The van der Waals surface area contributed by atoms with Crippen molar-refractivity contribution in [2.24, 2.45) is 0 Å². The fourth-order valence-corrected chi connectivity index (χ4v) is 3.65. The zero-order valence-electron chi connectivity index (χ0n) is 13.3. The van der Waals surface area contributed by atoms with Crippen molar-refractivity contribution in [2.75, 3.05) is 0 Å². The summed E-state index contributed by atoms with van der Waals surface area (Å²) in [4.78, 5) is 12.5. The second kappa shape index (κ2) is 7.36. The van der Waals surface area contributed by atoms with Crippen LogP contribution in [0.5, 0.6) is 23.0 Å². The molecule has 0 bridgehead atoms. The molecule has 0 aromatic heterocycles. The molecule has 3 aromatic rings. The maximum atomic E-state index is 12.5. The van der Waals surface area contributed by atoms with Crippen LogP contribution < -0.4 is 4.74 Å². The van der Waals surface area contributed by atoms with E-state index in [2.05, 4.69) is 0 Å². The summed E-state index contributed by atoms with van der Waals surface area (Å²) in [6.07, 6.45) is 0. The van der Waals surface area contributed by atoms with Gasteiger partial charge in [-0.25, -0.2) is 4.79 Å². The molecule has 130 valence electrons. The molecule has 7 heteroatoms. The van der Waals surface area contributed by atoms with Crippen LogP contribution in [-0.4, -0.2) is 45.7 Å². The van der Waals surface area contributed by atoms with Crippen LogP contribution in [0.2, 0.25) is 0 Å². The molecule has 2 aliphatic rings. The molecule has 0 radical (unpaired) electrons. The summed E-state index contributed by atoms with van der Waals surface area (Å²) in [7, 11) is 0. The van der Waals surface area contributed by atoms with Crippen molar-refractivity contribution in [3.8, 4) is 23.0 Å². The van der Waals surface area contributed by atoms with Crippen molar-refractivity contribution in [1.82, 2.24) is 0 Å². The van der Waals surface area contributed by atoms with Gasteiger partial charge in [0.1, 0.15) is 23.0 Å². The van der Waals surface area contributed by atoms with Gasteiger partial charge in [-0.3, -0.25) is 0 Å². The summed E-state index contributed by atoms with van der Waals surface area (Å²) in [5.41, 5.74) is 1.28. The van der Waals surface area contributed by atoms with Crippen LogP contribution >= 0.6 is 0 Å². The number of fused-ring (bicyclic) bond motifs is 6. The van der Waals surface area contributed by atoms with E-state index in [1.165, 1.54) is 24.3 Å². The second-order valence-corrected chi connectivity index (χ2v) is 6.08. The number of benzene rings is 3. The predicted molar refractivity (Wildman–Crippen MR) is 95.2 cm³/mol. The standard InChI is InChI=1S/C20H12O5.Na.Sm.H/c21-11-5-7-15-17(9-11)24-18-10-12(22)6-8-16(18)20(15)14-4-2-1-3-13(14)19(23)25-20;;;/h1-10,21-22H;;;. The van der Waals surface area contributed by atoms with Crippen molar-refractivity contribution in [1.29, 1.82) is 0 Å². The Labute approximate surface area is 209 Å². The third kappa shape index (κ3) is 2.91. The molecule has 0 atom stereocenters. The van der Waals surface area contributed by atoms with Crippen molar-refractivity contribution in [3.63, 3.8) is 0 Å². The Bertz CT molecular complexity index is 1010. The molecule has 0 saturated heterocycles. The summed E-state index contributed by atoms with van der Waals surface area (Å²) in [6.45, 7) is 0. The zero-order chi connectivity index (χ0) is 17.2. The first-order chi connectivity index (χ1) is 12.1. The van der Waals surface area contributed by atoms with Crippen LogP contribution in [0.1, 0.15) is 27.0 Å². The molecule has 0 saturated carbocycles. The van der Waals surface area contributed by atoms with Gasteiger partial charge >= 0.3 is 35.5 Å². The Morgan fingerprint density at radius 3 is 1.93 bits per heavy atom. The third-order valence-corrected chi connectivity index (χ3v) is 4.68. The molecule has 0 unspecified atom stereocenters. The van der Waals surface area contributed by atoms with E-state index in [1.807, 2.05) is 12.1 Å². The Balaban J connectivity index is 0.00000105. The number of carbonyl (C=O) groups excluding carboxylic acids is 1. The summed E-state index contributed by atoms with van der Waals surface area (Å²) in [5.74, 6) is 0.408. The van der Waals surface area contributed by atoms with E-state index in [-0.39, 0.29) is 81.4 Å². The van der Waals surface area contributed by atoms with E-state index in [0.29, 0.717) is 33.8 Å². The normalized spacial score (nSPS) is 14.6. The molecule has 2 N–H and O–H groups in total. The smallest absolute Gasteiger partial charge is 0 e. The van der Waals surface area contributed by atoms with Crippen molar-refractivity contribution < 1.29 is 64.9 Å². The predicted octanol–water partition coefficient (Wildman–Crippen LogP) is 3.02. The summed E-state index contributed by atoms with van der Waals surface area (Å²) in [6, 6.07) is 16.6. The molecule has 27 heavy (non-hydrogen) atoms. The molecule has 5 nitrogen and oxygen atoms in total. The Morgan fingerprint density at radius 1 is 0.778 bits per heavy atom. The minimum atomic E-state index is -1.17. The summed E-state index contributed by atoms with van der Waals surface area (Å²) < 4.78 is 11.8. The van der Waals surface area contributed by atoms with Crippen LogP contribution in [0.15, 0.2) is 60.7 Å². The molecular formula is C20H13NaO5Sm. The van der Waals surface area contributed by atoms with Gasteiger partial charge < -0.3 is 19.7 Å². The van der Waals surface area contributed by atoms with Crippen LogP contribution in [0.3, 0.4) is 0 Å². The van der Waals surface area contributed by atoms with E-state index in [9.17, 15) is 15.0 Å². The Kier molecular flexibility index (Phi) is 5.62. The number of carbonyl (C=O) groups is 1. The van der Waals surface area contributed by atoms with E-state index in [0.717, 1.165) is 0 Å². The van der Waals surface area contributed by atoms with E-state index in [1.54, 1.807) is 24.3 Å². The third-order valence-electron chi connectivity index (χ3n) is 4.68. The van der Waals surface area contributed by atoms with Gasteiger partial charge in [-0.1, -0.05) is 18.2 Å². The first kappa shape index (κ1) is 20.6. The van der Waals surface area contributed by atoms with Crippen LogP contribution in [0, 0.1) is 40.4 Å². The van der Waals surface area contributed by atoms with Crippen LogP contribution in [0.4, 0.5) is 0 Å². The molecule has 0 fully saturated rings.